The number of terminal acetylenes is 1. The Hall–Kier alpha value is -3.87. The van der Waals surface area contributed by atoms with Crippen LogP contribution in [-0.2, 0) is 17.8 Å². The molecular weight excluding hydrogens is 451 g/mol. The van der Waals surface area contributed by atoms with Gasteiger partial charge in [-0.25, -0.2) is 4.98 Å². The highest BCUT2D eigenvalue weighted by Gasteiger charge is 2.24. The third-order valence-corrected chi connectivity index (χ3v) is 6.67. The highest BCUT2D eigenvalue weighted by molar-refractivity contribution is 5.82. The maximum Gasteiger partial charge on any atom is 0.312 e. The summed E-state index contributed by atoms with van der Waals surface area (Å²) in [5, 5.41) is 0. The average molecular weight is 479 g/mol. The summed E-state index contributed by atoms with van der Waals surface area (Å²) in [7, 11) is 0. The molecule has 9 nitrogen and oxygen atoms in total. The molecular formula is C25H27FN6O3. The molecule has 1 saturated heterocycles. The maximum atomic E-state index is 14.1. The summed E-state index contributed by atoms with van der Waals surface area (Å²) in [4.78, 5) is 26.1. The first-order chi connectivity index (χ1) is 16.9. The van der Waals surface area contributed by atoms with E-state index in [2.05, 4.69) is 20.9 Å². The summed E-state index contributed by atoms with van der Waals surface area (Å²) in [5.74, 6) is 5.03. The maximum absolute atomic E-state index is 14.1. The molecule has 35 heavy (non-hydrogen) atoms. The van der Waals surface area contributed by atoms with E-state index in [0.29, 0.717) is 72.7 Å². The number of carbonyl (C=O) groups excluding carboxylic acids is 1. The summed E-state index contributed by atoms with van der Waals surface area (Å²) < 4.78 is 27.4. The average Bonchev–Trinajstić information content (AvgIpc) is 3.19. The van der Waals surface area contributed by atoms with Crippen molar-refractivity contribution in [1.82, 2.24) is 24.4 Å². The third kappa shape index (κ3) is 4.58. The number of amides is 1. The fourth-order valence-corrected chi connectivity index (χ4v) is 4.89. The first kappa shape index (κ1) is 22.9. The Labute approximate surface area is 202 Å². The van der Waals surface area contributed by atoms with Crippen LogP contribution in [0.3, 0.4) is 0 Å². The number of piperidine rings is 1. The van der Waals surface area contributed by atoms with Gasteiger partial charge in [-0.2, -0.15) is 14.4 Å². The summed E-state index contributed by atoms with van der Waals surface area (Å²) in [5.41, 5.74) is 8.20. The number of ether oxygens (including phenoxy) is 2. The predicted molar refractivity (Wildman–Crippen MR) is 127 cm³/mol. The topological polar surface area (TPSA) is 108 Å². The van der Waals surface area contributed by atoms with Gasteiger partial charge in [-0.05, 0) is 42.9 Å². The molecule has 10 heteroatoms. The Kier molecular flexibility index (Phi) is 6.16. The van der Waals surface area contributed by atoms with E-state index in [1.54, 1.807) is 13.0 Å². The summed E-state index contributed by atoms with van der Waals surface area (Å²) in [6.45, 7) is 4.59. The molecule has 2 N–H and O–H groups in total. The predicted octanol–water partition coefficient (Wildman–Crippen LogP) is 2.54. The highest BCUT2D eigenvalue weighted by Crippen LogP contribution is 2.34. The lowest BCUT2D eigenvalue weighted by Gasteiger charge is -2.32. The van der Waals surface area contributed by atoms with Crippen LogP contribution in [0.5, 0.6) is 11.5 Å². The van der Waals surface area contributed by atoms with Crippen molar-refractivity contribution in [1.29, 1.82) is 0 Å². The molecule has 5 rings (SSSR count). The van der Waals surface area contributed by atoms with Crippen LogP contribution in [-0.4, -0.2) is 56.6 Å². The van der Waals surface area contributed by atoms with Crippen molar-refractivity contribution < 1.29 is 18.7 Å². The number of anilines is 1. The molecule has 1 aromatic carbocycles. The van der Waals surface area contributed by atoms with E-state index in [1.807, 2.05) is 15.5 Å². The number of nitrogen functional groups attached to an aromatic ring is 1. The number of carbonyl (C=O) groups is 1. The second-order valence-corrected chi connectivity index (χ2v) is 8.97. The van der Waals surface area contributed by atoms with Crippen LogP contribution in [0.15, 0.2) is 12.1 Å². The highest BCUT2D eigenvalue weighted by atomic mass is 19.1. The van der Waals surface area contributed by atoms with Crippen LogP contribution in [0.2, 0.25) is 0 Å². The van der Waals surface area contributed by atoms with Gasteiger partial charge in [0.2, 0.25) is 5.91 Å². The summed E-state index contributed by atoms with van der Waals surface area (Å²) in [6, 6.07) is 3.66. The number of benzene rings is 1. The first-order valence-electron chi connectivity index (χ1n) is 11.8. The minimum atomic E-state index is -0.897. The van der Waals surface area contributed by atoms with Gasteiger partial charge in [0.05, 0.1) is 0 Å². The van der Waals surface area contributed by atoms with Crippen molar-refractivity contribution in [2.24, 2.45) is 5.92 Å². The number of likely N-dealkylation sites (tertiary alicyclic amines) is 1. The first-order valence-corrected chi connectivity index (χ1v) is 11.8. The number of rotatable bonds is 5. The van der Waals surface area contributed by atoms with Crippen molar-refractivity contribution in [2.45, 2.75) is 39.2 Å². The Morgan fingerprint density at radius 3 is 2.77 bits per heavy atom. The van der Waals surface area contributed by atoms with Crippen LogP contribution in [0, 0.1) is 24.3 Å². The summed E-state index contributed by atoms with van der Waals surface area (Å²) in [6.07, 6.45) is 8.05. The Bertz CT molecular complexity index is 1330. The van der Waals surface area contributed by atoms with Gasteiger partial charge in [0.25, 0.3) is 0 Å². The Morgan fingerprint density at radius 1 is 1.26 bits per heavy atom. The third-order valence-electron chi connectivity index (χ3n) is 6.67. The summed E-state index contributed by atoms with van der Waals surface area (Å²) >= 11 is 0. The number of aryl methyl sites for hydroxylation is 1. The van der Waals surface area contributed by atoms with E-state index in [4.69, 9.17) is 21.6 Å². The number of nitrogens with zero attached hydrogens (tertiary/aromatic N) is 5. The molecule has 1 amide bonds. The molecule has 0 spiro atoms. The van der Waals surface area contributed by atoms with Gasteiger partial charge >= 0.3 is 6.08 Å². The lowest BCUT2D eigenvalue weighted by molar-refractivity contribution is -0.130. The van der Waals surface area contributed by atoms with Crippen LogP contribution in [0.1, 0.15) is 43.1 Å². The Morgan fingerprint density at radius 2 is 2.03 bits per heavy atom. The lowest BCUT2D eigenvalue weighted by Crippen LogP contribution is -2.38. The zero-order valence-electron chi connectivity index (χ0n) is 19.6. The lowest BCUT2D eigenvalue weighted by atomic mass is 9.94. The number of aromatic nitrogens is 4. The van der Waals surface area contributed by atoms with Gasteiger partial charge in [0.15, 0.2) is 28.5 Å². The quantitative estimate of drug-likeness (QED) is 0.443. The SMILES string of the molecule is C#Cc1cc2c(cc1Cc1nc3c(N)nc(F)nc3n1CCC1CCCN(C(C)=O)C1)OCCO2. The van der Waals surface area contributed by atoms with Gasteiger partial charge in [-0.3, -0.25) is 4.79 Å². The van der Waals surface area contributed by atoms with E-state index in [0.717, 1.165) is 31.4 Å². The van der Waals surface area contributed by atoms with Crippen molar-refractivity contribution in [3.63, 3.8) is 0 Å². The van der Waals surface area contributed by atoms with Gasteiger partial charge in [-0.1, -0.05) is 5.92 Å². The van der Waals surface area contributed by atoms with Gasteiger partial charge in [0, 0.05) is 38.5 Å². The molecule has 2 aromatic heterocycles. The molecule has 0 saturated carbocycles. The molecule has 2 aliphatic heterocycles. The van der Waals surface area contributed by atoms with Gasteiger partial charge in [-0.15, -0.1) is 6.42 Å². The fourth-order valence-electron chi connectivity index (χ4n) is 4.89. The largest absolute Gasteiger partial charge is 0.486 e. The zero-order valence-corrected chi connectivity index (χ0v) is 19.6. The van der Waals surface area contributed by atoms with Crippen molar-refractivity contribution >= 4 is 22.9 Å². The van der Waals surface area contributed by atoms with Gasteiger partial charge < -0.3 is 24.7 Å². The van der Waals surface area contributed by atoms with Crippen molar-refractivity contribution in [3.05, 3.63) is 35.2 Å². The molecule has 2 aliphatic rings. The number of fused-ring (bicyclic) bond motifs is 2. The zero-order chi connectivity index (χ0) is 24.5. The molecule has 1 atom stereocenters. The monoisotopic (exact) mass is 478 g/mol. The number of nitrogens with two attached hydrogens (primary N) is 1. The van der Waals surface area contributed by atoms with Crippen molar-refractivity contribution in [2.75, 3.05) is 32.0 Å². The Balaban J connectivity index is 1.49. The fraction of sp³-hybridized carbons (Fsp3) is 0.440. The molecule has 1 fully saturated rings. The molecule has 4 heterocycles. The van der Waals surface area contributed by atoms with Crippen LogP contribution in [0.25, 0.3) is 11.2 Å². The standard InChI is InChI=1S/C25H27FN6O3/c1-3-17-11-19-20(35-10-9-34-19)12-18(17)13-21-28-22-23(27)29-25(26)30-24(22)32(21)8-6-16-5-4-7-31(14-16)15(2)33/h1,11-12,16H,4-10,13-14H2,2H3,(H2,27,29,30). The molecule has 182 valence electrons. The minimum absolute atomic E-state index is 0.00716. The molecule has 0 bridgehead atoms. The van der Waals surface area contributed by atoms with E-state index >= 15 is 0 Å². The van der Waals surface area contributed by atoms with E-state index < -0.39 is 6.08 Å². The second-order valence-electron chi connectivity index (χ2n) is 8.97. The van der Waals surface area contributed by atoms with Gasteiger partial charge in [0.1, 0.15) is 19.0 Å². The molecule has 3 aromatic rings. The van der Waals surface area contributed by atoms with Crippen molar-refractivity contribution in [3.8, 4) is 23.8 Å². The van der Waals surface area contributed by atoms with E-state index in [1.165, 1.54) is 0 Å². The van der Waals surface area contributed by atoms with Crippen LogP contribution in [0.4, 0.5) is 10.2 Å². The number of halogens is 1. The van der Waals surface area contributed by atoms with E-state index in [-0.39, 0.29) is 11.7 Å². The minimum Gasteiger partial charge on any atom is -0.486 e. The normalized spacial score (nSPS) is 17.4. The molecule has 0 radical (unpaired) electrons. The second kappa shape index (κ2) is 9.41. The van der Waals surface area contributed by atoms with Crippen LogP contribution >= 0.6 is 0 Å². The number of imidazole rings is 1. The number of hydrogen-bond donors (Lipinski definition) is 1. The number of hydrogen-bond acceptors (Lipinski definition) is 7. The smallest absolute Gasteiger partial charge is 0.312 e. The van der Waals surface area contributed by atoms with Crippen LogP contribution < -0.4 is 15.2 Å². The molecule has 1 unspecified atom stereocenters. The van der Waals surface area contributed by atoms with E-state index in [9.17, 15) is 9.18 Å². The molecule has 0 aliphatic carbocycles.